The van der Waals surface area contributed by atoms with E-state index in [1.54, 1.807) is 6.08 Å². The Bertz CT molecular complexity index is 1250. The van der Waals surface area contributed by atoms with Gasteiger partial charge in [0.05, 0.1) is 18.8 Å². The molecular formula is C69H127NO3. The normalized spacial score (nSPS) is 13.2. The van der Waals surface area contributed by atoms with Gasteiger partial charge < -0.3 is 15.5 Å². The van der Waals surface area contributed by atoms with Gasteiger partial charge in [-0.3, -0.25) is 4.79 Å². The number of rotatable bonds is 60. The lowest BCUT2D eigenvalue weighted by Gasteiger charge is -2.19. The Hall–Kier alpha value is -2.17. The van der Waals surface area contributed by atoms with Gasteiger partial charge in [-0.2, -0.15) is 0 Å². The van der Waals surface area contributed by atoms with Crippen molar-refractivity contribution in [1.29, 1.82) is 0 Å². The van der Waals surface area contributed by atoms with Crippen molar-refractivity contribution >= 4 is 5.91 Å². The molecular weight excluding hydrogens is 891 g/mol. The van der Waals surface area contributed by atoms with Gasteiger partial charge in [0.2, 0.25) is 5.91 Å². The molecule has 0 aromatic carbocycles. The van der Waals surface area contributed by atoms with Crippen molar-refractivity contribution in [1.82, 2.24) is 5.32 Å². The molecule has 0 aromatic rings. The lowest BCUT2D eigenvalue weighted by molar-refractivity contribution is -0.123. The Morgan fingerprint density at radius 3 is 0.890 bits per heavy atom. The molecule has 426 valence electrons. The molecule has 0 saturated carbocycles. The number of aliphatic hydroxyl groups is 2. The number of allylic oxidation sites excluding steroid dienone is 11. The van der Waals surface area contributed by atoms with Crippen LogP contribution in [0.4, 0.5) is 0 Å². The van der Waals surface area contributed by atoms with E-state index in [0.717, 1.165) is 51.4 Å². The number of carbonyl (C=O) groups excluding carboxylic acids is 1. The topological polar surface area (TPSA) is 69.6 Å². The van der Waals surface area contributed by atoms with E-state index in [1.807, 2.05) is 6.08 Å². The maximum Gasteiger partial charge on any atom is 0.220 e. The molecule has 0 spiro atoms. The van der Waals surface area contributed by atoms with Crippen LogP contribution < -0.4 is 5.32 Å². The van der Waals surface area contributed by atoms with Crippen LogP contribution in [-0.4, -0.2) is 34.9 Å². The second-order valence-electron chi connectivity index (χ2n) is 22.2. The van der Waals surface area contributed by atoms with Gasteiger partial charge >= 0.3 is 0 Å². The molecule has 4 heteroatoms. The third-order valence-electron chi connectivity index (χ3n) is 14.9. The molecule has 2 atom stereocenters. The summed E-state index contributed by atoms with van der Waals surface area (Å²) in [6, 6.07) is -0.647. The number of hydrogen-bond donors (Lipinski definition) is 3. The molecule has 0 fully saturated rings. The van der Waals surface area contributed by atoms with Crippen LogP contribution in [0.15, 0.2) is 72.9 Å². The SMILES string of the molecule is CCCCCCC/C=C\C/C=C\C/C=C\CCCCCCCCCCCCCCCCCCCCCCCCCCC(=O)NC(CO)C(O)/C=C/CC/C=C/CC/C=C/CCCCCCCCCCCCCC. The minimum Gasteiger partial charge on any atom is -0.394 e. The number of carbonyl (C=O) groups is 1. The predicted octanol–water partition coefficient (Wildman–Crippen LogP) is 22.1. The Kier molecular flexibility index (Phi) is 62.2. The number of amides is 1. The Labute approximate surface area is 457 Å². The van der Waals surface area contributed by atoms with Gasteiger partial charge in [-0.1, -0.05) is 324 Å². The minimum absolute atomic E-state index is 0.0733. The first-order valence-electron chi connectivity index (χ1n) is 32.7. The highest BCUT2D eigenvalue weighted by atomic mass is 16.3. The smallest absolute Gasteiger partial charge is 0.220 e. The summed E-state index contributed by atoms with van der Waals surface area (Å²) in [5.74, 6) is -0.0733. The lowest BCUT2D eigenvalue weighted by atomic mass is 10.0. The van der Waals surface area contributed by atoms with Gasteiger partial charge in [0.15, 0.2) is 0 Å². The number of nitrogens with one attached hydrogen (secondary N) is 1. The van der Waals surface area contributed by atoms with E-state index < -0.39 is 12.1 Å². The van der Waals surface area contributed by atoms with Crippen LogP contribution in [0.1, 0.15) is 341 Å². The number of hydrogen-bond acceptors (Lipinski definition) is 3. The van der Waals surface area contributed by atoms with Crippen molar-refractivity contribution in [3.8, 4) is 0 Å². The van der Waals surface area contributed by atoms with E-state index in [1.165, 1.54) is 270 Å². The van der Waals surface area contributed by atoms with Crippen LogP contribution in [0.3, 0.4) is 0 Å². The summed E-state index contributed by atoms with van der Waals surface area (Å²) in [5, 5.41) is 23.2. The average molecular weight is 1020 g/mol. The monoisotopic (exact) mass is 1020 g/mol. The van der Waals surface area contributed by atoms with Gasteiger partial charge in [-0.05, 0) is 83.5 Å². The van der Waals surface area contributed by atoms with Gasteiger partial charge in [-0.15, -0.1) is 0 Å². The van der Waals surface area contributed by atoms with Crippen LogP contribution >= 0.6 is 0 Å². The lowest BCUT2D eigenvalue weighted by Crippen LogP contribution is -2.45. The maximum atomic E-state index is 12.5. The van der Waals surface area contributed by atoms with Crippen molar-refractivity contribution in [2.45, 2.75) is 353 Å². The molecule has 0 bridgehead atoms. The van der Waals surface area contributed by atoms with Crippen molar-refractivity contribution in [2.24, 2.45) is 0 Å². The molecule has 1 amide bonds. The Morgan fingerprint density at radius 2 is 0.575 bits per heavy atom. The van der Waals surface area contributed by atoms with Crippen LogP contribution in [-0.2, 0) is 4.79 Å². The summed E-state index contributed by atoms with van der Waals surface area (Å²) in [5.41, 5.74) is 0. The summed E-state index contributed by atoms with van der Waals surface area (Å²) >= 11 is 0. The zero-order chi connectivity index (χ0) is 52.7. The van der Waals surface area contributed by atoms with E-state index in [4.69, 9.17) is 0 Å². The molecule has 0 rings (SSSR count). The highest BCUT2D eigenvalue weighted by molar-refractivity contribution is 5.76. The van der Waals surface area contributed by atoms with Crippen LogP contribution in [0.2, 0.25) is 0 Å². The predicted molar refractivity (Wildman–Crippen MR) is 327 cm³/mol. The van der Waals surface area contributed by atoms with Crippen molar-refractivity contribution in [3.63, 3.8) is 0 Å². The maximum absolute atomic E-state index is 12.5. The minimum atomic E-state index is -0.872. The fourth-order valence-electron chi connectivity index (χ4n) is 9.93. The average Bonchev–Trinajstić information content (AvgIpc) is 3.40. The fourth-order valence-corrected chi connectivity index (χ4v) is 9.93. The number of unbranched alkanes of at least 4 members (excludes halogenated alkanes) is 43. The standard InChI is InChI=1S/C69H127NO3/c1-3-5-7-9-11-13-15-17-19-21-23-25-27-28-29-30-31-32-33-34-35-36-37-38-39-40-41-42-43-45-47-49-51-53-55-57-59-61-63-65-69(73)70-67(66-71)68(72)64-62-60-58-56-54-52-50-48-46-44-26-24-22-20-18-16-14-12-10-8-6-4-2/h15,17,21,23,27-28,46,48,54,56,62,64,67-68,71-72H,3-14,16,18-20,22,24-26,29-45,47,49-53,55,57-61,63,65-66H2,1-2H3,(H,70,73)/b17-15-,23-21-,28-27-,48-46+,56-54+,64-62+. The first-order valence-corrected chi connectivity index (χ1v) is 32.7. The molecule has 0 aliphatic carbocycles. The molecule has 0 saturated heterocycles. The zero-order valence-electron chi connectivity index (χ0n) is 49.2. The molecule has 0 aromatic heterocycles. The third-order valence-corrected chi connectivity index (χ3v) is 14.9. The highest BCUT2D eigenvalue weighted by Gasteiger charge is 2.18. The van der Waals surface area contributed by atoms with Gasteiger partial charge in [-0.25, -0.2) is 0 Å². The summed E-state index contributed by atoms with van der Waals surface area (Å²) < 4.78 is 0. The Morgan fingerprint density at radius 1 is 0.329 bits per heavy atom. The van der Waals surface area contributed by atoms with E-state index in [9.17, 15) is 15.0 Å². The summed E-state index contributed by atoms with van der Waals surface area (Å²) in [6.07, 6.45) is 92.6. The summed E-state index contributed by atoms with van der Waals surface area (Å²) in [7, 11) is 0. The van der Waals surface area contributed by atoms with E-state index in [-0.39, 0.29) is 12.5 Å². The van der Waals surface area contributed by atoms with E-state index >= 15 is 0 Å². The fraction of sp³-hybridized carbons (Fsp3) is 0.812. The van der Waals surface area contributed by atoms with Crippen LogP contribution in [0.25, 0.3) is 0 Å². The van der Waals surface area contributed by atoms with Crippen LogP contribution in [0, 0.1) is 0 Å². The molecule has 3 N–H and O–H groups in total. The second kappa shape index (κ2) is 64.1. The van der Waals surface area contributed by atoms with E-state index in [2.05, 4.69) is 79.9 Å². The summed E-state index contributed by atoms with van der Waals surface area (Å²) in [4.78, 5) is 12.5. The summed E-state index contributed by atoms with van der Waals surface area (Å²) in [6.45, 7) is 4.31. The molecule has 2 unspecified atom stereocenters. The van der Waals surface area contributed by atoms with Gasteiger partial charge in [0.25, 0.3) is 0 Å². The van der Waals surface area contributed by atoms with Gasteiger partial charge in [0, 0.05) is 6.42 Å². The third kappa shape index (κ3) is 60.6. The molecule has 0 aliphatic heterocycles. The van der Waals surface area contributed by atoms with Gasteiger partial charge in [0.1, 0.15) is 0 Å². The highest BCUT2D eigenvalue weighted by Crippen LogP contribution is 2.17. The molecule has 73 heavy (non-hydrogen) atoms. The van der Waals surface area contributed by atoms with Crippen LogP contribution in [0.5, 0.6) is 0 Å². The van der Waals surface area contributed by atoms with Crippen molar-refractivity contribution in [2.75, 3.05) is 6.61 Å². The largest absolute Gasteiger partial charge is 0.394 e. The first kappa shape index (κ1) is 70.8. The molecule has 0 heterocycles. The second-order valence-corrected chi connectivity index (χ2v) is 22.2. The van der Waals surface area contributed by atoms with Crippen molar-refractivity contribution in [3.05, 3.63) is 72.9 Å². The quantitative estimate of drug-likeness (QED) is 0.0420. The van der Waals surface area contributed by atoms with E-state index in [0.29, 0.717) is 6.42 Å². The zero-order valence-corrected chi connectivity index (χ0v) is 49.2. The first-order chi connectivity index (χ1) is 36.2. The molecule has 0 radical (unpaired) electrons. The Balaban J connectivity index is 3.47. The molecule has 4 nitrogen and oxygen atoms in total. The van der Waals surface area contributed by atoms with Crippen molar-refractivity contribution < 1.29 is 15.0 Å². The molecule has 0 aliphatic rings. The number of aliphatic hydroxyl groups excluding tert-OH is 2.